The fourth-order valence-electron chi connectivity index (χ4n) is 8.76. The summed E-state index contributed by atoms with van der Waals surface area (Å²) in [6, 6.07) is 0. The Labute approximate surface area is 378 Å². The van der Waals surface area contributed by atoms with Gasteiger partial charge in [0.25, 0.3) is 0 Å². The van der Waals surface area contributed by atoms with Gasteiger partial charge in [0.2, 0.25) is 5.79 Å². The minimum absolute atomic E-state index is 0.0112. The Bertz CT molecular complexity index is 1730. The zero-order valence-corrected chi connectivity index (χ0v) is 39.4. The molecule has 0 aliphatic carbocycles. The first kappa shape index (κ1) is 52.7. The summed E-state index contributed by atoms with van der Waals surface area (Å²) in [6.45, 7) is 12.3. The lowest BCUT2D eigenvalue weighted by Crippen LogP contribution is -2.62. The van der Waals surface area contributed by atoms with Crippen LogP contribution in [0.25, 0.3) is 0 Å². The molecule has 4 unspecified atom stereocenters. The molecule has 4 aliphatic heterocycles. The molecule has 4 rings (SSSR count). The molecular weight excluding hydrogens is 831 g/mol. The molecule has 3 saturated heterocycles. The Morgan fingerprint density at radius 1 is 0.953 bits per heavy atom. The number of carbonyl (C=O) groups excluding carboxylic acids is 5. The number of methoxy groups -OCH3 is 1. The third-order valence-corrected chi connectivity index (χ3v) is 12.5. The molecule has 2 N–H and O–H groups in total. The van der Waals surface area contributed by atoms with Crippen molar-refractivity contribution < 1.29 is 72.1 Å². The quantitative estimate of drug-likeness (QED) is 0.0881. The highest BCUT2D eigenvalue weighted by Crippen LogP contribution is 2.48. The van der Waals surface area contributed by atoms with E-state index in [9.17, 15) is 34.2 Å². The van der Waals surface area contributed by atoms with Crippen molar-refractivity contribution in [1.29, 1.82) is 0 Å². The molecule has 3 fully saturated rings. The van der Waals surface area contributed by atoms with Gasteiger partial charge >= 0.3 is 29.8 Å². The molecule has 16 nitrogen and oxygen atoms in total. The number of cyclic esters (lactones) is 1. The Morgan fingerprint density at radius 2 is 1.69 bits per heavy atom. The number of nitrogens with zero attached hydrogens (tertiary/aromatic N) is 1. The normalized spacial score (nSPS) is 34.0. The second-order valence-corrected chi connectivity index (χ2v) is 19.0. The van der Waals surface area contributed by atoms with Gasteiger partial charge in [0.15, 0.2) is 6.10 Å². The summed E-state index contributed by atoms with van der Waals surface area (Å²) in [5.74, 6) is -5.36. The highest BCUT2D eigenvalue weighted by molar-refractivity contribution is 5.84. The lowest BCUT2D eigenvalue weighted by atomic mass is 9.73. The molecule has 4 heterocycles. The number of ether oxygens (including phenoxy) is 8. The van der Waals surface area contributed by atoms with E-state index >= 15 is 0 Å². The zero-order valence-electron chi connectivity index (χ0n) is 39.4. The van der Waals surface area contributed by atoms with E-state index in [4.69, 9.17) is 37.9 Å². The molecule has 16 heteroatoms. The third-order valence-electron chi connectivity index (χ3n) is 12.5. The predicted molar refractivity (Wildman–Crippen MR) is 234 cm³/mol. The van der Waals surface area contributed by atoms with Crippen LogP contribution in [0.5, 0.6) is 0 Å². The topological polar surface area (TPSA) is 203 Å². The number of rotatable bonds is 11. The summed E-state index contributed by atoms with van der Waals surface area (Å²) in [6.07, 6.45) is 6.84. The van der Waals surface area contributed by atoms with Crippen LogP contribution in [-0.2, 0) is 61.9 Å². The minimum atomic E-state index is -2.38. The number of hydrogen-bond donors (Lipinski definition) is 2. The molecule has 0 amide bonds. The molecule has 360 valence electrons. The van der Waals surface area contributed by atoms with Gasteiger partial charge in [0.05, 0.1) is 50.3 Å². The van der Waals surface area contributed by atoms with Crippen LogP contribution in [0.3, 0.4) is 0 Å². The standard InChI is InChI=1S/C48H73NO15/c1-11-12-13-14-15-18-42(53)63-45-32(23-43(54)57-10)22-37-26-38(30(2)50)62-41(52)19-16-17-33-27-39(58-31(3)51)47(6,7)40(60-33)28-36-25-35(61-44(55)29-49(8)9)24-34(59-36)20-21-46(4,5)48(45,56)64-37/h13-15,18,20-21,23,30,33-40,45,50,56H,11-12,16-17,19,22,24-29H2,1-10H3/b14-13+,18-15+,21-20+,32-23+/t30-,33?,34+,35-,36+,37?,38-,39+,40?,45+,48?/m1/s1. The summed E-state index contributed by atoms with van der Waals surface area (Å²) in [5, 5.41) is 23.9. The Hall–Kier alpha value is -3.93. The maximum absolute atomic E-state index is 13.4. The number of likely N-dealkylation sites (N-methyl/N-ethyl adjacent to an activating group) is 1. The van der Waals surface area contributed by atoms with Crippen molar-refractivity contribution in [1.82, 2.24) is 4.90 Å². The molecule has 11 atom stereocenters. The molecule has 64 heavy (non-hydrogen) atoms. The summed E-state index contributed by atoms with van der Waals surface area (Å²) in [7, 11) is 4.75. The monoisotopic (exact) mass is 903 g/mol. The third kappa shape index (κ3) is 14.8. The molecule has 0 saturated carbocycles. The first-order valence-electron chi connectivity index (χ1n) is 22.7. The minimum Gasteiger partial charge on any atom is -0.466 e. The maximum atomic E-state index is 13.4. The second-order valence-electron chi connectivity index (χ2n) is 19.0. The van der Waals surface area contributed by atoms with Gasteiger partial charge in [-0.25, -0.2) is 9.59 Å². The van der Waals surface area contributed by atoms with E-state index in [2.05, 4.69) is 0 Å². The lowest BCUT2D eigenvalue weighted by molar-refractivity contribution is -0.327. The Balaban J connectivity index is 1.83. The van der Waals surface area contributed by atoms with E-state index in [1.807, 2.05) is 26.8 Å². The number of fused-ring (bicyclic) bond motifs is 6. The van der Waals surface area contributed by atoms with Crippen LogP contribution in [-0.4, -0.2) is 140 Å². The van der Waals surface area contributed by atoms with Gasteiger partial charge < -0.3 is 48.1 Å². The van der Waals surface area contributed by atoms with Crippen LogP contribution in [0.1, 0.15) is 119 Å². The number of hydrogen-bond acceptors (Lipinski definition) is 16. The van der Waals surface area contributed by atoms with Crippen molar-refractivity contribution in [2.24, 2.45) is 10.8 Å². The Kier molecular flexibility index (Phi) is 19.3. The van der Waals surface area contributed by atoms with E-state index in [-0.39, 0.29) is 43.9 Å². The van der Waals surface area contributed by atoms with Gasteiger partial charge in [0.1, 0.15) is 18.3 Å². The van der Waals surface area contributed by atoms with Gasteiger partial charge in [-0.1, -0.05) is 71.4 Å². The number of unbranched alkanes of at least 4 members (excludes halogenated alkanes) is 1. The molecule has 4 aliphatic rings. The van der Waals surface area contributed by atoms with Crippen molar-refractivity contribution in [3.8, 4) is 0 Å². The maximum Gasteiger partial charge on any atom is 0.331 e. The summed E-state index contributed by atoms with van der Waals surface area (Å²) < 4.78 is 48.7. The first-order valence-corrected chi connectivity index (χ1v) is 22.7. The van der Waals surface area contributed by atoms with Crippen molar-refractivity contribution in [3.05, 3.63) is 48.1 Å². The molecular formula is C48H73NO15. The van der Waals surface area contributed by atoms with Crippen LogP contribution >= 0.6 is 0 Å². The van der Waals surface area contributed by atoms with Gasteiger partial charge in [0, 0.05) is 68.4 Å². The number of aliphatic hydroxyl groups excluding tert-OH is 1. The smallest absolute Gasteiger partial charge is 0.331 e. The van der Waals surface area contributed by atoms with Crippen LogP contribution in [0.2, 0.25) is 0 Å². The average molecular weight is 904 g/mol. The first-order chi connectivity index (χ1) is 30.1. The number of carbonyl (C=O) groups is 5. The molecule has 0 spiro atoms. The number of esters is 5. The summed E-state index contributed by atoms with van der Waals surface area (Å²) >= 11 is 0. The van der Waals surface area contributed by atoms with Gasteiger partial charge in [-0.2, -0.15) is 0 Å². The average Bonchev–Trinajstić information content (AvgIpc) is 3.19. The molecule has 6 bridgehead atoms. The van der Waals surface area contributed by atoms with E-state index < -0.39 is 101 Å². The van der Waals surface area contributed by atoms with E-state index in [0.717, 1.165) is 18.9 Å². The van der Waals surface area contributed by atoms with Crippen molar-refractivity contribution in [2.75, 3.05) is 27.7 Å². The van der Waals surface area contributed by atoms with E-state index in [0.29, 0.717) is 32.1 Å². The summed E-state index contributed by atoms with van der Waals surface area (Å²) in [5.41, 5.74) is -1.91. The van der Waals surface area contributed by atoms with Gasteiger partial charge in [-0.15, -0.1) is 0 Å². The molecule has 0 radical (unpaired) electrons. The van der Waals surface area contributed by atoms with Gasteiger partial charge in [-0.05, 0) is 52.3 Å². The van der Waals surface area contributed by atoms with E-state index in [1.165, 1.54) is 33.1 Å². The van der Waals surface area contributed by atoms with Crippen LogP contribution < -0.4 is 0 Å². The highest BCUT2D eigenvalue weighted by atomic mass is 16.7. The second kappa shape index (κ2) is 23.5. The van der Waals surface area contributed by atoms with Crippen LogP contribution in [0.4, 0.5) is 0 Å². The van der Waals surface area contributed by atoms with Gasteiger partial charge in [-0.3, -0.25) is 19.3 Å². The van der Waals surface area contributed by atoms with Crippen LogP contribution in [0, 0.1) is 10.8 Å². The van der Waals surface area contributed by atoms with Crippen molar-refractivity contribution in [2.45, 2.75) is 186 Å². The highest BCUT2D eigenvalue weighted by Gasteiger charge is 2.58. The number of allylic oxidation sites excluding steroid dienone is 3. The van der Waals surface area contributed by atoms with E-state index in [1.54, 1.807) is 51.1 Å². The predicted octanol–water partition coefficient (Wildman–Crippen LogP) is 5.36. The largest absolute Gasteiger partial charge is 0.466 e. The zero-order chi connectivity index (χ0) is 47.4. The fraction of sp³-hybridized carbons (Fsp3) is 0.729. The molecule has 0 aromatic carbocycles. The Morgan fingerprint density at radius 3 is 2.34 bits per heavy atom. The fourth-order valence-corrected chi connectivity index (χ4v) is 8.76. The number of aliphatic hydroxyl groups is 2. The molecule has 0 aromatic heterocycles. The van der Waals surface area contributed by atoms with Crippen molar-refractivity contribution >= 4 is 29.8 Å². The lowest BCUT2D eigenvalue weighted by Gasteiger charge is -2.51. The SMILES string of the molecule is CCC/C=C/C=C/C(=O)O[C@H]1/C(=C/C(=O)OC)CC2C[C@H]([C@@H](C)O)OC(=O)CCCC3C[C@H](OC(C)=O)C(C)(C)C(C[C@@H]4C[C@H](OC(=O)CN(C)C)C[C@H](/C=C/C(C)(C)C1(O)O2)O4)O3. The summed E-state index contributed by atoms with van der Waals surface area (Å²) in [4.78, 5) is 66.9. The van der Waals surface area contributed by atoms with Crippen LogP contribution in [0.15, 0.2) is 48.1 Å². The molecule has 0 aromatic rings. The van der Waals surface area contributed by atoms with Crippen molar-refractivity contribution in [3.63, 3.8) is 0 Å².